The van der Waals surface area contributed by atoms with Gasteiger partial charge >= 0.3 is 11.9 Å². The van der Waals surface area contributed by atoms with Gasteiger partial charge in [0.05, 0.1) is 10.9 Å². The molecule has 3 aromatic rings. The van der Waals surface area contributed by atoms with E-state index in [-0.39, 0.29) is 39.5 Å². The van der Waals surface area contributed by atoms with E-state index in [2.05, 4.69) is 0 Å². The molecule has 0 aliphatic heterocycles. The van der Waals surface area contributed by atoms with Crippen molar-refractivity contribution in [2.24, 2.45) is 0 Å². The van der Waals surface area contributed by atoms with Gasteiger partial charge in [0.1, 0.15) is 22.8 Å². The normalized spacial score (nSPS) is 10.6. The van der Waals surface area contributed by atoms with Crippen LogP contribution in [0, 0.1) is 6.92 Å². The molecule has 0 fully saturated rings. The van der Waals surface area contributed by atoms with Crippen LogP contribution in [-0.2, 0) is 4.79 Å². The summed E-state index contributed by atoms with van der Waals surface area (Å²) in [6.07, 6.45) is 0. The largest absolute Gasteiger partial charge is 0.482 e. The van der Waals surface area contributed by atoms with E-state index in [1.807, 2.05) is 0 Å². The Labute approximate surface area is 152 Å². The molecule has 3 rings (SSSR count). The minimum atomic E-state index is -1.12. The molecule has 0 saturated carbocycles. The van der Waals surface area contributed by atoms with Gasteiger partial charge in [0.25, 0.3) is 0 Å². The Bertz CT molecular complexity index is 1080. The van der Waals surface area contributed by atoms with Gasteiger partial charge in [-0.3, -0.25) is 4.79 Å². The van der Waals surface area contributed by atoms with Crippen molar-refractivity contribution >= 4 is 22.9 Å². The molecule has 27 heavy (non-hydrogen) atoms. The molecular formula is C19H14O8. The average molecular weight is 370 g/mol. The van der Waals surface area contributed by atoms with E-state index < -0.39 is 24.0 Å². The number of aliphatic carboxylic acids is 1. The van der Waals surface area contributed by atoms with E-state index in [4.69, 9.17) is 24.1 Å². The number of rotatable bonds is 6. The monoisotopic (exact) mass is 370 g/mol. The van der Waals surface area contributed by atoms with Crippen molar-refractivity contribution in [1.29, 1.82) is 0 Å². The molecule has 138 valence electrons. The molecule has 1 heterocycles. The fraction of sp³-hybridized carbons (Fsp3) is 0.105. The maximum atomic E-state index is 12.7. The van der Waals surface area contributed by atoms with Crippen molar-refractivity contribution in [1.82, 2.24) is 0 Å². The quantitative estimate of drug-likeness (QED) is 0.678. The summed E-state index contributed by atoms with van der Waals surface area (Å²) in [5, 5.41) is 17.8. The number of benzene rings is 2. The number of aromatic carboxylic acids is 1. The lowest BCUT2D eigenvalue weighted by molar-refractivity contribution is -0.139. The minimum absolute atomic E-state index is 0.0234. The molecule has 0 radical (unpaired) electrons. The number of aryl methyl sites for hydroxylation is 1. The molecule has 0 atom stereocenters. The van der Waals surface area contributed by atoms with Gasteiger partial charge in [0, 0.05) is 6.07 Å². The van der Waals surface area contributed by atoms with Gasteiger partial charge in [0.2, 0.25) is 11.2 Å². The van der Waals surface area contributed by atoms with Crippen molar-refractivity contribution in [2.45, 2.75) is 6.92 Å². The minimum Gasteiger partial charge on any atom is -0.482 e. The first-order valence-corrected chi connectivity index (χ1v) is 7.78. The summed E-state index contributed by atoms with van der Waals surface area (Å²) >= 11 is 0. The molecule has 8 nitrogen and oxygen atoms in total. The van der Waals surface area contributed by atoms with Crippen LogP contribution in [0.15, 0.2) is 51.7 Å². The second kappa shape index (κ2) is 7.20. The van der Waals surface area contributed by atoms with Crippen LogP contribution in [0.1, 0.15) is 16.1 Å². The lowest BCUT2D eigenvalue weighted by Crippen LogP contribution is -2.10. The first kappa shape index (κ1) is 18.0. The number of carboxylic acids is 2. The standard InChI is InChI=1S/C19H14O8/c1-10-18(27-12-4-2-11(3-5-12)19(23)24)17(22)14-7-6-13(8-15(14)26-10)25-9-16(20)21/h2-8H,9H2,1H3,(H,20,21)(H,23,24). The van der Waals surface area contributed by atoms with Crippen LogP contribution in [0.3, 0.4) is 0 Å². The van der Waals surface area contributed by atoms with Crippen LogP contribution in [0.25, 0.3) is 11.0 Å². The fourth-order valence-electron chi connectivity index (χ4n) is 2.40. The lowest BCUT2D eigenvalue weighted by Gasteiger charge is -2.10. The molecule has 8 heteroatoms. The molecule has 2 N–H and O–H groups in total. The number of fused-ring (bicyclic) bond motifs is 1. The van der Waals surface area contributed by atoms with E-state index in [0.29, 0.717) is 0 Å². The summed E-state index contributed by atoms with van der Waals surface area (Å²) in [6.45, 7) is 1.04. The molecule has 0 aliphatic carbocycles. The molecular weight excluding hydrogens is 356 g/mol. The Morgan fingerprint density at radius 3 is 2.33 bits per heavy atom. The van der Waals surface area contributed by atoms with E-state index in [9.17, 15) is 14.4 Å². The third-order valence-corrected chi connectivity index (χ3v) is 3.67. The van der Waals surface area contributed by atoms with Gasteiger partial charge in [0.15, 0.2) is 6.61 Å². The number of hydrogen-bond acceptors (Lipinski definition) is 6. The van der Waals surface area contributed by atoms with E-state index >= 15 is 0 Å². The summed E-state index contributed by atoms with van der Waals surface area (Å²) in [6, 6.07) is 9.95. The summed E-state index contributed by atoms with van der Waals surface area (Å²) < 4.78 is 16.3. The number of ether oxygens (including phenoxy) is 2. The van der Waals surface area contributed by atoms with Gasteiger partial charge in [-0.1, -0.05) is 0 Å². The zero-order chi connectivity index (χ0) is 19.6. The Hall–Kier alpha value is -3.81. The summed E-state index contributed by atoms with van der Waals surface area (Å²) in [5.74, 6) is -1.45. The Morgan fingerprint density at radius 2 is 1.70 bits per heavy atom. The number of hydrogen-bond donors (Lipinski definition) is 2. The first-order chi connectivity index (χ1) is 12.8. The maximum absolute atomic E-state index is 12.7. The molecule has 2 aromatic carbocycles. The molecule has 0 spiro atoms. The van der Waals surface area contributed by atoms with Gasteiger partial charge < -0.3 is 24.1 Å². The molecule has 0 unspecified atom stereocenters. The van der Waals surface area contributed by atoms with E-state index in [0.717, 1.165) is 0 Å². The second-order valence-corrected chi connectivity index (χ2v) is 5.59. The van der Waals surface area contributed by atoms with Crippen LogP contribution in [0.2, 0.25) is 0 Å². The Kier molecular flexibility index (Phi) is 4.80. The van der Waals surface area contributed by atoms with Crippen LogP contribution >= 0.6 is 0 Å². The highest BCUT2D eigenvalue weighted by molar-refractivity contribution is 5.87. The van der Waals surface area contributed by atoms with Crippen LogP contribution in [0.5, 0.6) is 17.2 Å². The van der Waals surface area contributed by atoms with Crippen molar-refractivity contribution in [2.75, 3.05) is 6.61 Å². The number of carbonyl (C=O) groups is 2. The first-order valence-electron chi connectivity index (χ1n) is 7.78. The molecule has 1 aromatic heterocycles. The second-order valence-electron chi connectivity index (χ2n) is 5.59. The molecule has 0 saturated heterocycles. The third-order valence-electron chi connectivity index (χ3n) is 3.67. The predicted octanol–water partition coefficient (Wildman–Crippen LogP) is 3.06. The van der Waals surface area contributed by atoms with Gasteiger partial charge in [-0.05, 0) is 43.3 Å². The van der Waals surface area contributed by atoms with Crippen LogP contribution in [-0.4, -0.2) is 28.8 Å². The highest BCUT2D eigenvalue weighted by Gasteiger charge is 2.15. The van der Waals surface area contributed by atoms with E-state index in [1.165, 1.54) is 42.5 Å². The summed E-state index contributed by atoms with van der Waals surface area (Å²) in [4.78, 5) is 34.2. The summed E-state index contributed by atoms with van der Waals surface area (Å²) in [7, 11) is 0. The molecule has 0 bridgehead atoms. The SMILES string of the molecule is Cc1oc2cc(OCC(=O)O)ccc2c(=O)c1Oc1ccc(C(=O)O)cc1. The predicted molar refractivity (Wildman–Crippen MR) is 93.8 cm³/mol. The van der Waals surface area contributed by atoms with Gasteiger partial charge in [-0.25, -0.2) is 9.59 Å². The molecule has 0 aliphatic rings. The smallest absolute Gasteiger partial charge is 0.341 e. The van der Waals surface area contributed by atoms with Gasteiger partial charge in [-0.15, -0.1) is 0 Å². The third kappa shape index (κ3) is 3.90. The topological polar surface area (TPSA) is 123 Å². The summed E-state index contributed by atoms with van der Waals surface area (Å²) in [5.41, 5.74) is -0.0895. The van der Waals surface area contributed by atoms with Crippen molar-refractivity contribution in [3.8, 4) is 17.2 Å². The fourth-order valence-corrected chi connectivity index (χ4v) is 2.40. The number of carboxylic acid groups (broad SMARTS) is 2. The lowest BCUT2D eigenvalue weighted by atomic mass is 10.2. The molecule has 0 amide bonds. The van der Waals surface area contributed by atoms with Crippen molar-refractivity contribution in [3.05, 3.63) is 64.0 Å². The average Bonchev–Trinajstić information content (AvgIpc) is 2.63. The zero-order valence-corrected chi connectivity index (χ0v) is 14.1. The Morgan fingerprint density at radius 1 is 1.04 bits per heavy atom. The highest BCUT2D eigenvalue weighted by Crippen LogP contribution is 2.27. The van der Waals surface area contributed by atoms with Crippen LogP contribution < -0.4 is 14.9 Å². The van der Waals surface area contributed by atoms with Crippen molar-refractivity contribution < 1.29 is 33.7 Å². The van der Waals surface area contributed by atoms with Crippen LogP contribution in [0.4, 0.5) is 0 Å². The Balaban J connectivity index is 1.94. The highest BCUT2D eigenvalue weighted by atomic mass is 16.5. The van der Waals surface area contributed by atoms with Gasteiger partial charge in [-0.2, -0.15) is 0 Å². The zero-order valence-electron chi connectivity index (χ0n) is 14.1. The van der Waals surface area contributed by atoms with Crippen molar-refractivity contribution in [3.63, 3.8) is 0 Å². The maximum Gasteiger partial charge on any atom is 0.341 e. The van der Waals surface area contributed by atoms with E-state index in [1.54, 1.807) is 6.92 Å².